The summed E-state index contributed by atoms with van der Waals surface area (Å²) in [6.07, 6.45) is 6.76. The smallest absolute Gasteiger partial charge is 0.256 e. The summed E-state index contributed by atoms with van der Waals surface area (Å²) < 4.78 is 0. The first-order chi connectivity index (χ1) is 14.2. The Morgan fingerprint density at radius 3 is 2.72 bits per heavy atom. The average Bonchev–Trinajstić information content (AvgIpc) is 3.30. The molecule has 1 aliphatic heterocycles. The van der Waals surface area contributed by atoms with E-state index in [1.165, 1.54) is 4.80 Å². The quantitative estimate of drug-likeness (QED) is 0.663. The molecule has 0 saturated carbocycles. The predicted molar refractivity (Wildman–Crippen MR) is 110 cm³/mol. The number of thioether (sulfide) groups is 1. The topological polar surface area (TPSA) is 87.7 Å². The van der Waals surface area contributed by atoms with E-state index < -0.39 is 0 Å². The van der Waals surface area contributed by atoms with Crippen molar-refractivity contribution in [2.75, 3.05) is 6.54 Å². The number of rotatable bonds is 4. The van der Waals surface area contributed by atoms with Gasteiger partial charge in [-0.1, -0.05) is 23.9 Å². The van der Waals surface area contributed by atoms with Crippen molar-refractivity contribution in [3.05, 3.63) is 66.1 Å². The zero-order valence-electron chi connectivity index (χ0n) is 16.0. The van der Waals surface area contributed by atoms with Crippen molar-refractivity contribution in [1.29, 1.82) is 5.26 Å². The molecule has 1 saturated heterocycles. The summed E-state index contributed by atoms with van der Waals surface area (Å²) in [5.74, 6) is -0.0303. The second-order valence-electron chi connectivity index (χ2n) is 6.93. The number of aromatic nitrogens is 4. The third kappa shape index (κ3) is 4.00. The highest BCUT2D eigenvalue weighted by Gasteiger charge is 2.32. The normalized spacial score (nSPS) is 19.0. The van der Waals surface area contributed by atoms with Crippen LogP contribution in [0.3, 0.4) is 0 Å². The molecule has 4 rings (SSSR count). The van der Waals surface area contributed by atoms with Gasteiger partial charge in [-0.25, -0.2) is 4.98 Å². The Kier molecular flexibility index (Phi) is 5.58. The molecule has 29 heavy (non-hydrogen) atoms. The summed E-state index contributed by atoms with van der Waals surface area (Å²) in [6.45, 7) is 2.68. The van der Waals surface area contributed by atoms with Gasteiger partial charge in [0.2, 0.25) is 0 Å². The Morgan fingerprint density at radius 2 is 1.93 bits per heavy atom. The molecule has 2 atom stereocenters. The Balaban J connectivity index is 1.57. The van der Waals surface area contributed by atoms with E-state index >= 15 is 0 Å². The van der Waals surface area contributed by atoms with Crippen molar-refractivity contribution >= 4 is 17.7 Å². The van der Waals surface area contributed by atoms with Gasteiger partial charge in [-0.2, -0.15) is 20.3 Å². The fourth-order valence-corrected chi connectivity index (χ4v) is 4.67. The van der Waals surface area contributed by atoms with Crippen LogP contribution in [-0.4, -0.2) is 48.6 Å². The second-order valence-corrected chi connectivity index (χ2v) is 8.22. The summed E-state index contributed by atoms with van der Waals surface area (Å²) in [5.41, 5.74) is 1.82. The summed E-state index contributed by atoms with van der Waals surface area (Å²) in [7, 11) is 0. The highest BCUT2D eigenvalue weighted by Crippen LogP contribution is 2.33. The van der Waals surface area contributed by atoms with Gasteiger partial charge < -0.3 is 4.90 Å². The maximum Gasteiger partial charge on any atom is 0.256 e. The third-order valence-electron chi connectivity index (χ3n) is 5.04. The first kappa shape index (κ1) is 19.2. The van der Waals surface area contributed by atoms with Gasteiger partial charge in [0.05, 0.1) is 29.2 Å². The Labute approximate surface area is 173 Å². The number of benzene rings is 1. The van der Waals surface area contributed by atoms with Gasteiger partial charge >= 0.3 is 0 Å². The molecule has 3 aromatic rings. The maximum absolute atomic E-state index is 13.4. The summed E-state index contributed by atoms with van der Waals surface area (Å²) in [4.78, 5) is 21.2. The molecule has 1 amide bonds. The molecule has 0 radical (unpaired) electrons. The molecule has 1 fully saturated rings. The fraction of sp³-hybridized carbons (Fsp3) is 0.286. The first-order valence-corrected chi connectivity index (χ1v) is 10.3. The number of hydrogen-bond donors (Lipinski definition) is 0. The number of carbonyl (C=O) groups excluding carboxylic acids is 1. The van der Waals surface area contributed by atoms with Crippen molar-refractivity contribution in [3.63, 3.8) is 0 Å². The minimum atomic E-state index is -0.0303. The van der Waals surface area contributed by atoms with Crippen LogP contribution >= 0.6 is 11.8 Å². The molecular formula is C21H20N6OS. The summed E-state index contributed by atoms with van der Waals surface area (Å²) >= 11 is 1.58. The van der Waals surface area contributed by atoms with E-state index in [9.17, 15) is 10.1 Å². The predicted octanol–water partition coefficient (Wildman–Crippen LogP) is 3.32. The van der Waals surface area contributed by atoms with Crippen LogP contribution in [0.25, 0.3) is 5.69 Å². The van der Waals surface area contributed by atoms with E-state index in [1.807, 2.05) is 29.2 Å². The van der Waals surface area contributed by atoms with Gasteiger partial charge in [-0.05, 0) is 44.0 Å². The maximum atomic E-state index is 13.4. The zero-order chi connectivity index (χ0) is 20.2. The number of nitriles is 1. The van der Waals surface area contributed by atoms with E-state index in [2.05, 4.69) is 28.2 Å². The van der Waals surface area contributed by atoms with Gasteiger partial charge in [0.1, 0.15) is 11.1 Å². The SMILES string of the molecule is C[C@@H]1CC[C@@H](Sc2ncccc2C#N)CN1C(=O)c1ccccc1-n1nccn1. The number of nitrogens with zero attached hydrogens (tertiary/aromatic N) is 6. The fourth-order valence-electron chi connectivity index (χ4n) is 3.50. The Bertz CT molecular complexity index is 1050. The third-order valence-corrected chi connectivity index (χ3v) is 6.30. The molecular weight excluding hydrogens is 384 g/mol. The number of amides is 1. The molecule has 2 aromatic heterocycles. The van der Waals surface area contributed by atoms with Gasteiger partial charge in [0, 0.05) is 24.0 Å². The van der Waals surface area contributed by atoms with Crippen molar-refractivity contribution < 1.29 is 4.79 Å². The molecule has 0 spiro atoms. The lowest BCUT2D eigenvalue weighted by molar-refractivity contribution is 0.0641. The highest BCUT2D eigenvalue weighted by molar-refractivity contribution is 8.00. The number of hydrogen-bond acceptors (Lipinski definition) is 6. The molecule has 0 N–H and O–H groups in total. The lowest BCUT2D eigenvalue weighted by Gasteiger charge is -2.38. The average molecular weight is 404 g/mol. The molecule has 0 aliphatic carbocycles. The van der Waals surface area contributed by atoms with E-state index in [0.29, 0.717) is 23.4 Å². The molecule has 0 bridgehead atoms. The number of likely N-dealkylation sites (tertiary alicyclic amines) is 1. The number of piperidine rings is 1. The van der Waals surface area contributed by atoms with Crippen molar-refractivity contribution in [1.82, 2.24) is 24.9 Å². The lowest BCUT2D eigenvalue weighted by Crippen LogP contribution is -2.46. The van der Waals surface area contributed by atoms with Crippen LogP contribution < -0.4 is 0 Å². The van der Waals surface area contributed by atoms with Gasteiger partial charge in [-0.3, -0.25) is 4.79 Å². The lowest BCUT2D eigenvalue weighted by atomic mass is 10.0. The van der Waals surface area contributed by atoms with E-state index in [4.69, 9.17) is 0 Å². The second kappa shape index (κ2) is 8.45. The zero-order valence-corrected chi connectivity index (χ0v) is 16.8. The monoisotopic (exact) mass is 404 g/mol. The Hall–Kier alpha value is -3.18. The summed E-state index contributed by atoms with van der Waals surface area (Å²) in [6, 6.07) is 13.3. The van der Waals surface area contributed by atoms with Crippen LogP contribution in [0.2, 0.25) is 0 Å². The van der Waals surface area contributed by atoms with Crippen LogP contribution in [0, 0.1) is 11.3 Å². The molecule has 1 aliphatic rings. The minimum Gasteiger partial charge on any atom is -0.335 e. The first-order valence-electron chi connectivity index (χ1n) is 9.46. The van der Waals surface area contributed by atoms with Crippen LogP contribution in [0.1, 0.15) is 35.7 Å². The van der Waals surface area contributed by atoms with Crippen molar-refractivity contribution in [2.45, 2.75) is 36.1 Å². The van der Waals surface area contributed by atoms with Crippen LogP contribution in [0.4, 0.5) is 0 Å². The number of carbonyl (C=O) groups is 1. The largest absolute Gasteiger partial charge is 0.335 e. The molecule has 3 heterocycles. The molecule has 8 heteroatoms. The van der Waals surface area contributed by atoms with Crippen LogP contribution in [-0.2, 0) is 0 Å². The van der Waals surface area contributed by atoms with Crippen molar-refractivity contribution in [3.8, 4) is 11.8 Å². The van der Waals surface area contributed by atoms with Gasteiger partial charge in [-0.15, -0.1) is 0 Å². The van der Waals surface area contributed by atoms with E-state index in [-0.39, 0.29) is 17.2 Å². The molecule has 0 unspecified atom stereocenters. The van der Waals surface area contributed by atoms with E-state index in [1.54, 1.807) is 42.5 Å². The summed E-state index contributed by atoms with van der Waals surface area (Å²) in [5, 5.41) is 18.6. The van der Waals surface area contributed by atoms with Gasteiger partial charge in [0.25, 0.3) is 5.91 Å². The van der Waals surface area contributed by atoms with Crippen LogP contribution in [0.15, 0.2) is 60.0 Å². The Morgan fingerprint density at radius 1 is 1.14 bits per heavy atom. The number of pyridine rings is 1. The molecule has 7 nitrogen and oxygen atoms in total. The highest BCUT2D eigenvalue weighted by atomic mass is 32.2. The minimum absolute atomic E-state index is 0.0303. The molecule has 146 valence electrons. The van der Waals surface area contributed by atoms with E-state index in [0.717, 1.165) is 17.9 Å². The number of para-hydroxylation sites is 1. The van der Waals surface area contributed by atoms with Gasteiger partial charge in [0.15, 0.2) is 0 Å². The standard InChI is InChI=1S/C21H20N6OS/c1-15-8-9-17(29-20-16(13-22)5-4-10-23-20)14-26(15)21(28)18-6-2-3-7-19(18)27-24-11-12-25-27/h2-7,10-12,15,17H,8-9,14H2,1H3/t15-,17-/m1/s1. The van der Waals surface area contributed by atoms with Crippen LogP contribution in [0.5, 0.6) is 0 Å². The van der Waals surface area contributed by atoms with Crippen molar-refractivity contribution in [2.24, 2.45) is 0 Å². The molecule has 1 aromatic carbocycles.